The van der Waals surface area contributed by atoms with E-state index in [4.69, 9.17) is 24.1 Å². The maximum absolute atomic E-state index is 10.9. The van der Waals surface area contributed by atoms with Crippen LogP contribution < -0.4 is 0 Å². The first-order valence-electron chi connectivity index (χ1n) is 6.27. The van der Waals surface area contributed by atoms with Crippen molar-refractivity contribution in [1.29, 1.82) is 0 Å². The highest BCUT2D eigenvalue weighted by Crippen LogP contribution is 2.39. The fourth-order valence-electron chi connectivity index (χ4n) is 2.46. The normalized spacial score (nSPS) is 37.9. The second-order valence-corrected chi connectivity index (χ2v) is 5.26. The molecule has 0 aromatic carbocycles. The van der Waals surface area contributed by atoms with E-state index >= 15 is 0 Å². The van der Waals surface area contributed by atoms with Crippen LogP contribution in [0.25, 0.3) is 0 Å². The maximum atomic E-state index is 10.9. The Balaban J connectivity index is 2.08. The van der Waals surface area contributed by atoms with Gasteiger partial charge < -0.3 is 29.2 Å². The molecule has 2 heterocycles. The van der Waals surface area contributed by atoms with E-state index in [1.807, 2.05) is 0 Å². The molecular formula is C12H20O7. The van der Waals surface area contributed by atoms with Gasteiger partial charge in [-0.05, 0) is 13.8 Å². The van der Waals surface area contributed by atoms with Crippen LogP contribution in [0, 0.1) is 0 Å². The van der Waals surface area contributed by atoms with Crippen LogP contribution in [-0.4, -0.2) is 65.7 Å². The number of ether oxygens (including phenoxy) is 4. The van der Waals surface area contributed by atoms with Crippen molar-refractivity contribution in [3.63, 3.8) is 0 Å². The predicted molar refractivity (Wildman–Crippen MR) is 62.2 cm³/mol. The van der Waals surface area contributed by atoms with Gasteiger partial charge >= 0.3 is 5.97 Å². The van der Waals surface area contributed by atoms with Gasteiger partial charge in [0.2, 0.25) is 0 Å². The highest BCUT2D eigenvalue weighted by atomic mass is 16.8. The van der Waals surface area contributed by atoms with Gasteiger partial charge in [-0.2, -0.15) is 0 Å². The lowest BCUT2D eigenvalue weighted by molar-refractivity contribution is -0.204. The predicted octanol–water partition coefficient (Wildman–Crippen LogP) is -0.810. The minimum atomic E-state index is -1.06. The van der Waals surface area contributed by atoms with Gasteiger partial charge in [0.25, 0.3) is 0 Å². The van der Waals surface area contributed by atoms with Crippen LogP contribution in [0.1, 0.15) is 20.8 Å². The van der Waals surface area contributed by atoms with Crippen LogP contribution in [0.3, 0.4) is 0 Å². The quantitative estimate of drug-likeness (QED) is 0.648. The van der Waals surface area contributed by atoms with Crippen molar-refractivity contribution >= 4 is 5.97 Å². The van der Waals surface area contributed by atoms with Crippen LogP contribution in [-0.2, 0) is 23.7 Å². The number of fused-ring (bicyclic) bond motifs is 1. The Bertz CT molecular complexity index is 343. The number of hydrogen-bond donors (Lipinski definition) is 2. The van der Waals surface area contributed by atoms with Gasteiger partial charge in [0.15, 0.2) is 5.79 Å². The molecule has 7 heteroatoms. The van der Waals surface area contributed by atoms with Crippen molar-refractivity contribution < 1.29 is 34.0 Å². The van der Waals surface area contributed by atoms with E-state index in [2.05, 4.69) is 0 Å². The third kappa shape index (κ3) is 3.06. The summed E-state index contributed by atoms with van der Waals surface area (Å²) >= 11 is 0. The number of hydrogen-bond acceptors (Lipinski definition) is 7. The van der Waals surface area contributed by atoms with Crippen LogP contribution in [0.5, 0.6) is 0 Å². The molecule has 0 aromatic heterocycles. The molecule has 2 rings (SSSR count). The van der Waals surface area contributed by atoms with E-state index in [0.717, 1.165) is 0 Å². The van der Waals surface area contributed by atoms with E-state index in [1.54, 1.807) is 13.8 Å². The second kappa shape index (κ2) is 5.34. The molecule has 2 aliphatic rings. The van der Waals surface area contributed by atoms with Crippen molar-refractivity contribution in [2.45, 2.75) is 57.1 Å². The minimum Gasteiger partial charge on any atom is -0.463 e. The highest BCUT2D eigenvalue weighted by molar-refractivity contribution is 5.65. The van der Waals surface area contributed by atoms with Crippen LogP contribution >= 0.6 is 0 Å². The zero-order valence-electron chi connectivity index (χ0n) is 11.2. The van der Waals surface area contributed by atoms with E-state index in [0.29, 0.717) is 0 Å². The maximum Gasteiger partial charge on any atom is 0.302 e. The Hall–Kier alpha value is -0.730. The van der Waals surface area contributed by atoms with Crippen molar-refractivity contribution in [2.75, 3.05) is 13.2 Å². The molecule has 0 amide bonds. The fourth-order valence-corrected chi connectivity index (χ4v) is 2.46. The molecule has 2 N–H and O–H groups in total. The minimum absolute atomic E-state index is 0.0323. The summed E-state index contributed by atoms with van der Waals surface area (Å²) in [7, 11) is 0. The van der Waals surface area contributed by atoms with E-state index < -0.39 is 48.9 Å². The average Bonchev–Trinajstić information content (AvgIpc) is 2.79. The average molecular weight is 276 g/mol. The number of carbonyl (C=O) groups excluding carboxylic acids is 1. The summed E-state index contributed by atoms with van der Waals surface area (Å²) in [4.78, 5) is 10.9. The lowest BCUT2D eigenvalue weighted by atomic mass is 10.0. The third-order valence-corrected chi connectivity index (χ3v) is 3.20. The molecule has 19 heavy (non-hydrogen) atoms. The molecule has 2 aliphatic heterocycles. The summed E-state index contributed by atoms with van der Waals surface area (Å²) < 4.78 is 21.9. The van der Waals surface area contributed by atoms with Crippen molar-refractivity contribution in [3.8, 4) is 0 Å². The fraction of sp³-hybridized carbons (Fsp3) is 0.917. The van der Waals surface area contributed by atoms with Crippen LogP contribution in [0.4, 0.5) is 0 Å². The summed E-state index contributed by atoms with van der Waals surface area (Å²) in [6.45, 7) is 4.43. The molecule has 0 saturated carbocycles. The summed E-state index contributed by atoms with van der Waals surface area (Å²) in [5.41, 5.74) is 0. The Kier molecular flexibility index (Phi) is 4.12. The van der Waals surface area contributed by atoms with Gasteiger partial charge in [-0.3, -0.25) is 4.79 Å². The highest BCUT2D eigenvalue weighted by Gasteiger charge is 2.57. The molecule has 7 nitrogen and oxygen atoms in total. The molecule has 0 aliphatic carbocycles. The Labute approximate surface area is 111 Å². The van der Waals surface area contributed by atoms with E-state index in [9.17, 15) is 9.90 Å². The van der Waals surface area contributed by atoms with Gasteiger partial charge in [-0.1, -0.05) is 0 Å². The summed E-state index contributed by atoms with van der Waals surface area (Å²) in [5, 5.41) is 18.8. The van der Waals surface area contributed by atoms with Gasteiger partial charge in [-0.25, -0.2) is 0 Å². The summed E-state index contributed by atoms with van der Waals surface area (Å²) in [5.74, 6) is -1.20. The van der Waals surface area contributed by atoms with Crippen molar-refractivity contribution in [1.82, 2.24) is 0 Å². The van der Waals surface area contributed by atoms with Gasteiger partial charge in [0.1, 0.15) is 37.1 Å². The first-order valence-corrected chi connectivity index (χ1v) is 6.27. The zero-order valence-corrected chi connectivity index (χ0v) is 11.2. The van der Waals surface area contributed by atoms with Crippen LogP contribution in [0.2, 0.25) is 0 Å². The molecule has 2 saturated heterocycles. The number of carbonyl (C=O) groups is 1. The molecule has 0 bridgehead atoms. The Morgan fingerprint density at radius 2 is 2.00 bits per heavy atom. The first kappa shape index (κ1) is 14.7. The summed E-state index contributed by atoms with van der Waals surface area (Å²) in [6, 6.07) is 0. The second-order valence-electron chi connectivity index (χ2n) is 5.26. The number of aliphatic hydroxyl groups excluding tert-OH is 2. The van der Waals surface area contributed by atoms with E-state index in [1.165, 1.54) is 6.92 Å². The third-order valence-electron chi connectivity index (χ3n) is 3.20. The molecule has 110 valence electrons. The molecule has 2 fully saturated rings. The van der Waals surface area contributed by atoms with Gasteiger partial charge in [-0.15, -0.1) is 0 Å². The molecular weight excluding hydrogens is 256 g/mol. The molecule has 0 aromatic rings. The Morgan fingerprint density at radius 3 is 2.58 bits per heavy atom. The largest absolute Gasteiger partial charge is 0.463 e. The first-order chi connectivity index (χ1) is 8.84. The standard InChI is InChI=1S/C12H20O7/c1-6(14)16-5-8-10-11(19-12(2,3)18-10)9(17-8)7(15)4-13/h7-11,13,15H,4-5H2,1-3H3/t7-,8?,9-,10+,11-/m1/s1. The molecule has 0 spiro atoms. The molecule has 5 atom stereocenters. The zero-order chi connectivity index (χ0) is 14.2. The molecule has 0 radical (unpaired) electrons. The van der Waals surface area contributed by atoms with Crippen LogP contribution in [0.15, 0.2) is 0 Å². The summed E-state index contributed by atoms with van der Waals surface area (Å²) in [6.07, 6.45) is -3.19. The van der Waals surface area contributed by atoms with E-state index in [-0.39, 0.29) is 6.61 Å². The topological polar surface area (TPSA) is 94.5 Å². The number of esters is 1. The monoisotopic (exact) mass is 276 g/mol. The lowest BCUT2D eigenvalue weighted by Gasteiger charge is -2.25. The SMILES string of the molecule is CC(=O)OCC1O[C@H]([C@H](O)CO)[C@H]2OC(C)(C)O[C@@H]12. The van der Waals surface area contributed by atoms with Gasteiger partial charge in [0, 0.05) is 6.92 Å². The smallest absolute Gasteiger partial charge is 0.302 e. The van der Waals surface area contributed by atoms with Gasteiger partial charge in [0.05, 0.1) is 6.61 Å². The number of aliphatic hydroxyl groups is 2. The lowest BCUT2D eigenvalue weighted by Crippen LogP contribution is -2.40. The van der Waals surface area contributed by atoms with Crippen molar-refractivity contribution in [2.24, 2.45) is 0 Å². The molecule has 1 unspecified atom stereocenters. The number of rotatable bonds is 4. The Morgan fingerprint density at radius 1 is 1.37 bits per heavy atom. The van der Waals surface area contributed by atoms with Crippen molar-refractivity contribution in [3.05, 3.63) is 0 Å².